The molecule has 1 aliphatic rings. The zero-order chi connectivity index (χ0) is 19.8. The molecule has 6 nitrogen and oxygen atoms in total. The Hall–Kier alpha value is -2.34. The van der Waals surface area contributed by atoms with Crippen LogP contribution in [0, 0.1) is 13.8 Å². The summed E-state index contributed by atoms with van der Waals surface area (Å²) in [4.78, 5) is 17.4. The van der Waals surface area contributed by atoms with E-state index in [9.17, 15) is 4.79 Å². The first-order valence-electron chi connectivity index (χ1n) is 9.58. The molecule has 1 N–H and O–H groups in total. The van der Waals surface area contributed by atoms with E-state index < -0.39 is 0 Å². The minimum Gasteiger partial charge on any atom is -0.369 e. The van der Waals surface area contributed by atoms with E-state index in [1.165, 1.54) is 11.3 Å². The molecule has 2 heterocycles. The maximum Gasteiger partial charge on any atom is 0.276 e. The number of nitrogens with one attached hydrogen (secondary N) is 1. The molecule has 2 aromatic rings. The second kappa shape index (κ2) is 7.35. The first kappa shape index (κ1) is 19.4. The second-order valence-electron chi connectivity index (χ2n) is 8.50. The van der Waals surface area contributed by atoms with Crippen molar-refractivity contribution in [1.29, 1.82) is 0 Å². The number of hydrogen-bond acceptors (Lipinski definition) is 4. The van der Waals surface area contributed by atoms with E-state index in [1.807, 2.05) is 29.8 Å². The number of amides is 1. The molecule has 0 spiro atoms. The lowest BCUT2D eigenvalue weighted by Crippen LogP contribution is -2.44. The fourth-order valence-corrected chi connectivity index (χ4v) is 3.60. The van der Waals surface area contributed by atoms with Crippen LogP contribution in [0.2, 0.25) is 0 Å². The van der Waals surface area contributed by atoms with Crippen LogP contribution in [0.5, 0.6) is 0 Å². The van der Waals surface area contributed by atoms with Crippen molar-refractivity contribution in [3.8, 4) is 0 Å². The summed E-state index contributed by atoms with van der Waals surface area (Å²) in [5.74, 6) is -0.173. The highest BCUT2D eigenvalue weighted by atomic mass is 16.2. The third-order valence-corrected chi connectivity index (χ3v) is 5.05. The molecular weight excluding hydrogens is 338 g/mol. The highest BCUT2D eigenvalue weighted by Crippen LogP contribution is 2.25. The van der Waals surface area contributed by atoms with E-state index in [0.717, 1.165) is 37.6 Å². The van der Waals surface area contributed by atoms with E-state index in [4.69, 9.17) is 0 Å². The summed E-state index contributed by atoms with van der Waals surface area (Å²) in [6, 6.07) is 7.96. The van der Waals surface area contributed by atoms with Gasteiger partial charge in [0.15, 0.2) is 5.69 Å². The van der Waals surface area contributed by atoms with Crippen molar-refractivity contribution in [2.45, 2.75) is 40.2 Å². The quantitative estimate of drug-likeness (QED) is 0.902. The molecule has 0 saturated carbocycles. The molecule has 1 saturated heterocycles. The lowest BCUT2D eigenvalue weighted by molar-refractivity contribution is 0.102. The van der Waals surface area contributed by atoms with Crippen LogP contribution in [0.3, 0.4) is 0 Å². The molecule has 6 heteroatoms. The van der Waals surface area contributed by atoms with Crippen LogP contribution in [0.25, 0.3) is 0 Å². The predicted octanol–water partition coefficient (Wildman–Crippen LogP) is 3.26. The maximum absolute atomic E-state index is 12.6. The number of anilines is 2. The average molecular weight is 370 g/mol. The topological polar surface area (TPSA) is 53.4 Å². The summed E-state index contributed by atoms with van der Waals surface area (Å²) < 4.78 is 1.89. The maximum atomic E-state index is 12.6. The number of aromatic nitrogens is 2. The Bertz CT molecular complexity index is 826. The van der Waals surface area contributed by atoms with Gasteiger partial charge in [-0.1, -0.05) is 0 Å². The van der Waals surface area contributed by atoms with Crippen LogP contribution < -0.4 is 10.2 Å². The van der Waals surface area contributed by atoms with Gasteiger partial charge in [0.2, 0.25) is 0 Å². The summed E-state index contributed by atoms with van der Waals surface area (Å²) in [6.45, 7) is 14.5. The monoisotopic (exact) mass is 369 g/mol. The van der Waals surface area contributed by atoms with Gasteiger partial charge in [-0.25, -0.2) is 0 Å². The van der Waals surface area contributed by atoms with Crippen LogP contribution in [0.1, 0.15) is 42.5 Å². The number of benzene rings is 1. The Morgan fingerprint density at radius 1 is 1.07 bits per heavy atom. The largest absolute Gasteiger partial charge is 0.369 e. The number of carbonyl (C=O) groups is 1. The summed E-state index contributed by atoms with van der Waals surface area (Å²) in [6.07, 6.45) is 0. The zero-order valence-corrected chi connectivity index (χ0v) is 17.3. The molecular formula is C21H31N5O. The first-order chi connectivity index (χ1) is 12.6. The average Bonchev–Trinajstić information content (AvgIpc) is 2.98. The molecule has 0 unspecified atom stereocenters. The van der Waals surface area contributed by atoms with Crippen molar-refractivity contribution in [2.24, 2.45) is 0 Å². The lowest BCUT2D eigenvalue weighted by Gasteiger charge is -2.35. The van der Waals surface area contributed by atoms with E-state index in [2.05, 4.69) is 61.0 Å². The molecule has 1 aliphatic heterocycles. The minimum absolute atomic E-state index is 0.149. The van der Waals surface area contributed by atoms with E-state index in [0.29, 0.717) is 5.69 Å². The fourth-order valence-electron chi connectivity index (χ4n) is 3.60. The van der Waals surface area contributed by atoms with Gasteiger partial charge in [-0.2, -0.15) is 5.10 Å². The molecule has 0 radical (unpaired) electrons. The summed E-state index contributed by atoms with van der Waals surface area (Å²) in [5.41, 5.74) is 4.50. The van der Waals surface area contributed by atoms with E-state index in [1.54, 1.807) is 0 Å². The molecule has 27 heavy (non-hydrogen) atoms. The van der Waals surface area contributed by atoms with Crippen molar-refractivity contribution in [1.82, 2.24) is 14.7 Å². The minimum atomic E-state index is -0.173. The molecule has 0 aliphatic carbocycles. The van der Waals surface area contributed by atoms with Gasteiger partial charge < -0.3 is 15.1 Å². The summed E-state index contributed by atoms with van der Waals surface area (Å²) >= 11 is 0. The van der Waals surface area contributed by atoms with Crippen LogP contribution in [0.15, 0.2) is 24.3 Å². The standard InChI is InChI=1S/C21H31N5O/c1-15-13-17(7-8-19(15)25-11-9-24(6)10-12-25)22-20(27)18-14-16(2)26(23-18)21(3,4)5/h7-8,13-14H,9-12H2,1-6H3,(H,22,27). The Balaban J connectivity index is 1.73. The van der Waals surface area contributed by atoms with E-state index >= 15 is 0 Å². The van der Waals surface area contributed by atoms with Crippen molar-refractivity contribution in [3.05, 3.63) is 41.2 Å². The number of carbonyl (C=O) groups excluding carboxylic acids is 1. The van der Waals surface area contributed by atoms with Gasteiger partial charge >= 0.3 is 0 Å². The predicted molar refractivity (Wildman–Crippen MR) is 111 cm³/mol. The van der Waals surface area contributed by atoms with Gasteiger partial charge in [0.25, 0.3) is 5.91 Å². The van der Waals surface area contributed by atoms with Gasteiger partial charge in [-0.3, -0.25) is 9.48 Å². The van der Waals surface area contributed by atoms with Crippen LogP contribution in [0.4, 0.5) is 11.4 Å². The van der Waals surface area contributed by atoms with Gasteiger partial charge in [0.1, 0.15) is 0 Å². The van der Waals surface area contributed by atoms with Crippen molar-refractivity contribution in [3.63, 3.8) is 0 Å². The number of aryl methyl sites for hydroxylation is 2. The van der Waals surface area contributed by atoms with Crippen molar-refractivity contribution in [2.75, 3.05) is 43.4 Å². The SMILES string of the molecule is Cc1cc(NC(=O)c2cc(C)n(C(C)(C)C)n2)ccc1N1CCN(C)CC1. The molecule has 146 valence electrons. The smallest absolute Gasteiger partial charge is 0.276 e. The van der Waals surface area contributed by atoms with Crippen LogP contribution in [-0.2, 0) is 5.54 Å². The number of hydrogen-bond donors (Lipinski definition) is 1. The lowest BCUT2D eigenvalue weighted by atomic mass is 10.1. The van der Waals surface area contributed by atoms with Gasteiger partial charge in [0, 0.05) is 43.2 Å². The highest BCUT2D eigenvalue weighted by molar-refractivity contribution is 6.03. The number of rotatable bonds is 3. The fraction of sp³-hybridized carbons (Fsp3) is 0.524. The van der Waals surface area contributed by atoms with Crippen molar-refractivity contribution >= 4 is 17.3 Å². The molecule has 1 fully saturated rings. The molecule has 0 atom stereocenters. The van der Waals surface area contributed by atoms with E-state index in [-0.39, 0.29) is 11.4 Å². The van der Waals surface area contributed by atoms with Crippen LogP contribution >= 0.6 is 0 Å². The number of piperazine rings is 1. The Labute approximate surface area is 162 Å². The number of nitrogens with zero attached hydrogens (tertiary/aromatic N) is 4. The van der Waals surface area contributed by atoms with Gasteiger partial charge in [-0.05, 0) is 71.5 Å². The normalized spacial score (nSPS) is 15.9. The van der Waals surface area contributed by atoms with Crippen LogP contribution in [-0.4, -0.2) is 53.8 Å². The third-order valence-electron chi connectivity index (χ3n) is 5.05. The first-order valence-corrected chi connectivity index (χ1v) is 9.58. The van der Waals surface area contributed by atoms with Gasteiger partial charge in [0.05, 0.1) is 5.54 Å². The van der Waals surface area contributed by atoms with Gasteiger partial charge in [-0.15, -0.1) is 0 Å². The second-order valence-corrected chi connectivity index (χ2v) is 8.50. The zero-order valence-electron chi connectivity index (χ0n) is 17.3. The Morgan fingerprint density at radius 3 is 2.30 bits per heavy atom. The summed E-state index contributed by atoms with van der Waals surface area (Å²) in [5, 5.41) is 7.48. The molecule has 1 aromatic heterocycles. The molecule has 1 aromatic carbocycles. The Morgan fingerprint density at radius 2 is 1.74 bits per heavy atom. The third kappa shape index (κ3) is 4.33. The molecule has 3 rings (SSSR count). The molecule has 1 amide bonds. The Kier molecular flexibility index (Phi) is 5.29. The number of likely N-dealkylation sites (N-methyl/N-ethyl adjacent to an activating group) is 1. The molecule has 0 bridgehead atoms. The highest BCUT2D eigenvalue weighted by Gasteiger charge is 2.21. The van der Waals surface area contributed by atoms with Crippen molar-refractivity contribution < 1.29 is 4.79 Å². The summed E-state index contributed by atoms with van der Waals surface area (Å²) in [7, 11) is 2.16.